The Morgan fingerprint density at radius 1 is 1.35 bits per heavy atom. The van der Waals surface area contributed by atoms with Gasteiger partial charge < -0.3 is 15.8 Å². The van der Waals surface area contributed by atoms with Crippen LogP contribution in [0.25, 0.3) is 22.3 Å². The Labute approximate surface area is 97.5 Å². The number of hydrogen-bond acceptors (Lipinski definition) is 3. The van der Waals surface area contributed by atoms with Gasteiger partial charge in [0.25, 0.3) is 0 Å². The molecule has 0 bridgehead atoms. The van der Waals surface area contributed by atoms with E-state index in [4.69, 9.17) is 5.73 Å². The van der Waals surface area contributed by atoms with Gasteiger partial charge in [0, 0.05) is 24.0 Å². The zero-order valence-electron chi connectivity index (χ0n) is 9.31. The SMILES string of the molecule is Cn1nc(N)cc1-c1cc2c(O)cccc2[nH]1. The molecule has 4 N–H and O–H groups in total. The van der Waals surface area contributed by atoms with E-state index in [-0.39, 0.29) is 5.75 Å². The van der Waals surface area contributed by atoms with Crippen molar-refractivity contribution < 1.29 is 5.11 Å². The van der Waals surface area contributed by atoms with Crippen LogP contribution in [0.2, 0.25) is 0 Å². The number of nitrogen functional groups attached to an aromatic ring is 1. The molecule has 0 saturated carbocycles. The highest BCUT2D eigenvalue weighted by Crippen LogP contribution is 2.29. The van der Waals surface area contributed by atoms with E-state index < -0.39 is 0 Å². The molecule has 5 nitrogen and oxygen atoms in total. The summed E-state index contributed by atoms with van der Waals surface area (Å²) >= 11 is 0. The number of aromatic nitrogens is 3. The normalized spacial score (nSPS) is 11.1. The lowest BCUT2D eigenvalue weighted by atomic mass is 10.2. The summed E-state index contributed by atoms with van der Waals surface area (Å²) in [7, 11) is 1.83. The number of nitrogens with two attached hydrogens (primary N) is 1. The fraction of sp³-hybridized carbons (Fsp3) is 0.0833. The molecule has 0 fully saturated rings. The van der Waals surface area contributed by atoms with Gasteiger partial charge in [0.1, 0.15) is 11.6 Å². The lowest BCUT2D eigenvalue weighted by Gasteiger charge is -1.96. The van der Waals surface area contributed by atoms with Gasteiger partial charge in [-0.1, -0.05) is 6.07 Å². The first-order chi connectivity index (χ1) is 8.15. The van der Waals surface area contributed by atoms with Crippen molar-refractivity contribution in [1.82, 2.24) is 14.8 Å². The number of phenols is 1. The maximum Gasteiger partial charge on any atom is 0.146 e. The number of phenolic OH excluding ortho intramolecular Hbond substituents is 1. The number of H-pyrrole nitrogens is 1. The van der Waals surface area contributed by atoms with Gasteiger partial charge in [-0.25, -0.2) is 0 Å². The zero-order valence-corrected chi connectivity index (χ0v) is 9.31. The molecule has 0 aliphatic heterocycles. The van der Waals surface area contributed by atoms with Crippen molar-refractivity contribution in [3.05, 3.63) is 30.3 Å². The molecule has 5 heteroatoms. The van der Waals surface area contributed by atoms with Gasteiger partial charge in [0.15, 0.2) is 0 Å². The summed E-state index contributed by atoms with van der Waals surface area (Å²) in [5.74, 6) is 0.741. The first kappa shape index (κ1) is 9.77. The summed E-state index contributed by atoms with van der Waals surface area (Å²) in [6.45, 7) is 0. The second-order valence-corrected chi connectivity index (χ2v) is 4.00. The van der Waals surface area contributed by atoms with Crippen LogP contribution in [0.4, 0.5) is 5.82 Å². The number of benzene rings is 1. The number of aromatic hydroxyl groups is 1. The molecule has 3 rings (SSSR count). The fourth-order valence-corrected chi connectivity index (χ4v) is 2.02. The lowest BCUT2D eigenvalue weighted by Crippen LogP contribution is -1.94. The van der Waals surface area contributed by atoms with E-state index in [1.165, 1.54) is 0 Å². The Morgan fingerprint density at radius 2 is 2.18 bits per heavy atom. The van der Waals surface area contributed by atoms with E-state index in [0.717, 1.165) is 22.3 Å². The van der Waals surface area contributed by atoms with Crippen LogP contribution in [0.1, 0.15) is 0 Å². The lowest BCUT2D eigenvalue weighted by molar-refractivity contribution is 0.482. The van der Waals surface area contributed by atoms with Crippen LogP contribution in [-0.2, 0) is 7.05 Å². The molecule has 3 aromatic rings. The summed E-state index contributed by atoms with van der Waals surface area (Å²) in [5.41, 5.74) is 8.30. The van der Waals surface area contributed by atoms with Crippen LogP contribution in [0.5, 0.6) is 5.75 Å². The van der Waals surface area contributed by atoms with Crippen molar-refractivity contribution in [3.8, 4) is 17.1 Å². The number of fused-ring (bicyclic) bond motifs is 1. The first-order valence-corrected chi connectivity index (χ1v) is 5.26. The number of aromatic amines is 1. The Morgan fingerprint density at radius 3 is 2.82 bits per heavy atom. The van der Waals surface area contributed by atoms with Gasteiger partial charge in [-0.3, -0.25) is 4.68 Å². The van der Waals surface area contributed by atoms with Gasteiger partial charge in [-0.2, -0.15) is 5.10 Å². The molecule has 86 valence electrons. The average Bonchev–Trinajstić information content (AvgIpc) is 2.82. The molecule has 0 amide bonds. The summed E-state index contributed by atoms with van der Waals surface area (Å²) < 4.78 is 1.71. The van der Waals surface area contributed by atoms with Crippen molar-refractivity contribution in [2.75, 3.05) is 5.73 Å². The second-order valence-electron chi connectivity index (χ2n) is 4.00. The van der Waals surface area contributed by atoms with E-state index in [2.05, 4.69) is 10.1 Å². The monoisotopic (exact) mass is 228 g/mol. The predicted octanol–water partition coefficient (Wildman–Crippen LogP) is 1.86. The maximum atomic E-state index is 9.74. The van der Waals surface area contributed by atoms with E-state index in [1.54, 1.807) is 22.9 Å². The maximum absolute atomic E-state index is 9.74. The molecule has 0 radical (unpaired) electrons. The Hall–Kier alpha value is -2.43. The quantitative estimate of drug-likeness (QED) is 0.594. The third-order valence-corrected chi connectivity index (χ3v) is 2.82. The van der Waals surface area contributed by atoms with Gasteiger partial charge in [-0.05, 0) is 18.2 Å². The zero-order chi connectivity index (χ0) is 12.0. The molecule has 0 aliphatic rings. The smallest absolute Gasteiger partial charge is 0.146 e. The molecule has 0 saturated heterocycles. The summed E-state index contributed by atoms with van der Waals surface area (Å²) in [5, 5.41) is 14.6. The van der Waals surface area contributed by atoms with Crippen molar-refractivity contribution in [2.45, 2.75) is 0 Å². The van der Waals surface area contributed by atoms with Gasteiger partial charge in [0.05, 0.1) is 11.4 Å². The van der Waals surface area contributed by atoms with Crippen LogP contribution in [-0.4, -0.2) is 19.9 Å². The highest BCUT2D eigenvalue weighted by Gasteiger charge is 2.10. The molecule has 0 atom stereocenters. The largest absolute Gasteiger partial charge is 0.507 e. The van der Waals surface area contributed by atoms with Crippen LogP contribution >= 0.6 is 0 Å². The minimum absolute atomic E-state index is 0.264. The molecular weight excluding hydrogens is 216 g/mol. The minimum atomic E-state index is 0.264. The average molecular weight is 228 g/mol. The molecule has 2 aromatic heterocycles. The predicted molar refractivity (Wildman–Crippen MR) is 66.6 cm³/mol. The summed E-state index contributed by atoms with van der Waals surface area (Å²) in [6.07, 6.45) is 0. The highest BCUT2D eigenvalue weighted by atomic mass is 16.3. The van der Waals surface area contributed by atoms with Gasteiger partial charge in [0.2, 0.25) is 0 Å². The summed E-state index contributed by atoms with van der Waals surface area (Å²) in [4.78, 5) is 3.23. The van der Waals surface area contributed by atoms with E-state index in [1.807, 2.05) is 19.2 Å². The number of hydrogen-bond donors (Lipinski definition) is 3. The van der Waals surface area contributed by atoms with Crippen LogP contribution in [0, 0.1) is 0 Å². The third-order valence-electron chi connectivity index (χ3n) is 2.82. The molecule has 1 aromatic carbocycles. The molecule has 0 spiro atoms. The number of nitrogens with one attached hydrogen (secondary N) is 1. The standard InChI is InChI=1S/C12H12N4O/c1-16-10(6-12(13)15-16)9-5-7-8(14-9)3-2-4-11(7)17/h2-6,14,17H,1H3,(H2,13,15). The van der Waals surface area contributed by atoms with E-state index in [9.17, 15) is 5.11 Å². The molecule has 17 heavy (non-hydrogen) atoms. The molecule has 2 heterocycles. The topological polar surface area (TPSA) is 79.9 Å². The first-order valence-electron chi connectivity index (χ1n) is 5.26. The Bertz CT molecular complexity index is 696. The number of aryl methyl sites for hydroxylation is 1. The molecule has 0 aliphatic carbocycles. The number of rotatable bonds is 1. The van der Waals surface area contributed by atoms with Crippen molar-refractivity contribution >= 4 is 16.7 Å². The van der Waals surface area contributed by atoms with Crippen molar-refractivity contribution in [1.29, 1.82) is 0 Å². The van der Waals surface area contributed by atoms with E-state index in [0.29, 0.717) is 5.82 Å². The van der Waals surface area contributed by atoms with Gasteiger partial charge >= 0.3 is 0 Å². The second kappa shape index (κ2) is 3.28. The number of anilines is 1. The highest BCUT2D eigenvalue weighted by molar-refractivity contribution is 5.90. The Balaban J connectivity index is 2.25. The third kappa shape index (κ3) is 1.44. The Kier molecular flexibility index (Phi) is 1.89. The number of nitrogens with zero attached hydrogens (tertiary/aromatic N) is 2. The minimum Gasteiger partial charge on any atom is -0.507 e. The van der Waals surface area contributed by atoms with Crippen LogP contribution in [0.15, 0.2) is 30.3 Å². The van der Waals surface area contributed by atoms with Crippen molar-refractivity contribution in [3.63, 3.8) is 0 Å². The van der Waals surface area contributed by atoms with E-state index >= 15 is 0 Å². The molecular formula is C12H12N4O. The van der Waals surface area contributed by atoms with Crippen LogP contribution in [0.3, 0.4) is 0 Å². The van der Waals surface area contributed by atoms with Gasteiger partial charge in [-0.15, -0.1) is 0 Å². The fourth-order valence-electron chi connectivity index (χ4n) is 2.02. The van der Waals surface area contributed by atoms with Crippen LogP contribution < -0.4 is 5.73 Å². The summed E-state index contributed by atoms with van der Waals surface area (Å²) in [6, 6.07) is 9.06. The molecule has 0 unspecified atom stereocenters. The van der Waals surface area contributed by atoms with Crippen molar-refractivity contribution in [2.24, 2.45) is 7.05 Å².